The molecule has 21 heavy (non-hydrogen) atoms. The molecule has 0 heterocycles. The molecule has 2 rings (SSSR count). The first-order valence-electron chi connectivity index (χ1n) is 6.47. The zero-order valence-corrected chi connectivity index (χ0v) is 11.8. The molecule has 0 aliphatic carbocycles. The molecular weight excluding hydrogens is 272 g/mol. The summed E-state index contributed by atoms with van der Waals surface area (Å²) in [7, 11) is 1.57. The maximum Gasteiger partial charge on any atom is 0.275 e. The van der Waals surface area contributed by atoms with Gasteiger partial charge in [-0.05, 0) is 19.1 Å². The summed E-state index contributed by atoms with van der Waals surface area (Å²) in [6.45, 7) is 2.58. The van der Waals surface area contributed by atoms with Crippen molar-refractivity contribution in [2.75, 3.05) is 19.0 Å². The largest absolute Gasteiger partial charge is 0.497 e. The monoisotopic (exact) mass is 288 g/mol. The van der Waals surface area contributed by atoms with Crippen LogP contribution in [0.3, 0.4) is 0 Å². The standard InChI is InChI=1S/C15H16N2O4/c1-3-16-11-7-12(17(18)19)9-15(8-11)21-14-6-4-5-13(10-14)20-2/h4-10,16H,3H2,1-2H3. The molecule has 6 heteroatoms. The average molecular weight is 288 g/mol. The van der Waals surface area contributed by atoms with Gasteiger partial charge in [0.1, 0.15) is 17.2 Å². The molecule has 6 nitrogen and oxygen atoms in total. The van der Waals surface area contributed by atoms with E-state index >= 15 is 0 Å². The van der Waals surface area contributed by atoms with E-state index in [1.165, 1.54) is 12.1 Å². The molecule has 1 N–H and O–H groups in total. The number of nitro benzene ring substituents is 1. The van der Waals surface area contributed by atoms with Gasteiger partial charge in [0.15, 0.2) is 0 Å². The fourth-order valence-electron chi connectivity index (χ4n) is 1.85. The van der Waals surface area contributed by atoms with Gasteiger partial charge in [0, 0.05) is 30.4 Å². The number of methoxy groups -OCH3 is 1. The van der Waals surface area contributed by atoms with Crippen LogP contribution in [-0.2, 0) is 0 Å². The summed E-state index contributed by atoms with van der Waals surface area (Å²) in [4.78, 5) is 10.5. The van der Waals surface area contributed by atoms with Gasteiger partial charge in [-0.2, -0.15) is 0 Å². The highest BCUT2D eigenvalue weighted by Gasteiger charge is 2.11. The minimum absolute atomic E-state index is 0.0219. The molecule has 0 atom stereocenters. The Bertz CT molecular complexity index is 643. The van der Waals surface area contributed by atoms with E-state index in [9.17, 15) is 10.1 Å². The lowest BCUT2D eigenvalue weighted by molar-refractivity contribution is -0.384. The third kappa shape index (κ3) is 3.85. The molecule has 2 aromatic carbocycles. The Labute approximate surface area is 122 Å². The number of rotatable bonds is 6. The second kappa shape index (κ2) is 6.60. The number of ether oxygens (including phenoxy) is 2. The molecule has 0 spiro atoms. The molecule has 0 radical (unpaired) electrons. The molecule has 110 valence electrons. The van der Waals surface area contributed by atoms with E-state index in [-0.39, 0.29) is 5.69 Å². The second-order valence-electron chi connectivity index (χ2n) is 4.28. The van der Waals surface area contributed by atoms with Gasteiger partial charge in [-0.25, -0.2) is 0 Å². The van der Waals surface area contributed by atoms with Gasteiger partial charge in [-0.1, -0.05) is 6.07 Å². The van der Waals surface area contributed by atoms with Crippen molar-refractivity contribution in [3.63, 3.8) is 0 Å². The fraction of sp³-hybridized carbons (Fsp3) is 0.200. The molecule has 0 aliphatic rings. The molecule has 0 bridgehead atoms. The summed E-state index contributed by atoms with van der Waals surface area (Å²) in [5.74, 6) is 1.61. The number of nitro groups is 1. The molecular formula is C15H16N2O4. The number of nitrogens with zero attached hydrogens (tertiary/aromatic N) is 1. The van der Waals surface area contributed by atoms with Gasteiger partial charge >= 0.3 is 0 Å². The van der Waals surface area contributed by atoms with Gasteiger partial charge in [-0.15, -0.1) is 0 Å². The van der Waals surface area contributed by atoms with Crippen molar-refractivity contribution < 1.29 is 14.4 Å². The van der Waals surface area contributed by atoms with Crippen LogP contribution < -0.4 is 14.8 Å². The highest BCUT2D eigenvalue weighted by atomic mass is 16.6. The summed E-state index contributed by atoms with van der Waals surface area (Å²) < 4.78 is 10.8. The lowest BCUT2D eigenvalue weighted by Crippen LogP contribution is -1.98. The fourth-order valence-corrected chi connectivity index (χ4v) is 1.85. The van der Waals surface area contributed by atoms with E-state index in [1.807, 2.05) is 6.92 Å². The minimum atomic E-state index is -0.445. The molecule has 0 saturated carbocycles. The third-order valence-electron chi connectivity index (χ3n) is 2.76. The maximum atomic E-state index is 11.0. The van der Waals surface area contributed by atoms with Crippen LogP contribution >= 0.6 is 0 Å². The molecule has 0 saturated heterocycles. The van der Waals surface area contributed by atoms with Crippen molar-refractivity contribution in [3.8, 4) is 17.2 Å². The summed E-state index contributed by atoms with van der Waals surface area (Å²) in [5.41, 5.74) is 0.621. The van der Waals surface area contributed by atoms with Crippen molar-refractivity contribution in [3.05, 3.63) is 52.6 Å². The Morgan fingerprint density at radius 1 is 1.14 bits per heavy atom. The van der Waals surface area contributed by atoms with Gasteiger partial charge < -0.3 is 14.8 Å². The third-order valence-corrected chi connectivity index (χ3v) is 2.76. The van der Waals surface area contributed by atoms with E-state index in [2.05, 4.69) is 5.32 Å². The molecule has 2 aromatic rings. The van der Waals surface area contributed by atoms with Crippen molar-refractivity contribution in [2.24, 2.45) is 0 Å². The SMILES string of the molecule is CCNc1cc(Oc2cccc(OC)c2)cc([N+](=O)[O-])c1. The first-order chi connectivity index (χ1) is 10.1. The van der Waals surface area contributed by atoms with Crippen LogP contribution in [0.4, 0.5) is 11.4 Å². The Kier molecular flexibility index (Phi) is 4.61. The van der Waals surface area contributed by atoms with Crippen LogP contribution in [0.15, 0.2) is 42.5 Å². The van der Waals surface area contributed by atoms with Crippen LogP contribution in [0.5, 0.6) is 17.2 Å². The van der Waals surface area contributed by atoms with Gasteiger partial charge in [0.05, 0.1) is 18.1 Å². The summed E-state index contributed by atoms with van der Waals surface area (Å²) in [6.07, 6.45) is 0. The molecule has 0 aromatic heterocycles. The Morgan fingerprint density at radius 2 is 1.90 bits per heavy atom. The smallest absolute Gasteiger partial charge is 0.275 e. The van der Waals surface area contributed by atoms with Crippen molar-refractivity contribution in [2.45, 2.75) is 6.92 Å². The highest BCUT2D eigenvalue weighted by molar-refractivity contribution is 5.57. The van der Waals surface area contributed by atoms with Gasteiger partial charge in [-0.3, -0.25) is 10.1 Å². The predicted molar refractivity (Wildman–Crippen MR) is 80.3 cm³/mol. The summed E-state index contributed by atoms with van der Waals surface area (Å²) >= 11 is 0. The Balaban J connectivity index is 2.31. The van der Waals surface area contributed by atoms with E-state index in [4.69, 9.17) is 9.47 Å². The predicted octanol–water partition coefficient (Wildman–Crippen LogP) is 3.83. The maximum absolute atomic E-state index is 11.0. The van der Waals surface area contributed by atoms with Gasteiger partial charge in [0.2, 0.25) is 0 Å². The average Bonchev–Trinajstić information content (AvgIpc) is 2.47. The van der Waals surface area contributed by atoms with Crippen molar-refractivity contribution in [1.29, 1.82) is 0 Å². The van der Waals surface area contributed by atoms with E-state index < -0.39 is 4.92 Å². The number of benzene rings is 2. The lowest BCUT2D eigenvalue weighted by Gasteiger charge is -2.09. The first-order valence-corrected chi connectivity index (χ1v) is 6.47. The molecule has 0 fully saturated rings. The molecule has 0 unspecified atom stereocenters. The van der Waals surface area contributed by atoms with E-state index in [1.54, 1.807) is 37.4 Å². The van der Waals surface area contributed by atoms with Crippen LogP contribution in [0.2, 0.25) is 0 Å². The normalized spacial score (nSPS) is 10.0. The first kappa shape index (κ1) is 14.6. The van der Waals surface area contributed by atoms with Gasteiger partial charge in [0.25, 0.3) is 5.69 Å². The number of hydrogen-bond acceptors (Lipinski definition) is 5. The van der Waals surface area contributed by atoms with Crippen molar-refractivity contribution in [1.82, 2.24) is 0 Å². The zero-order valence-electron chi connectivity index (χ0n) is 11.8. The number of non-ortho nitro benzene ring substituents is 1. The summed E-state index contributed by atoms with van der Waals surface area (Å²) in [6, 6.07) is 11.6. The number of nitrogens with one attached hydrogen (secondary N) is 1. The van der Waals surface area contributed by atoms with Crippen LogP contribution in [0, 0.1) is 10.1 Å². The van der Waals surface area contributed by atoms with E-state index in [0.29, 0.717) is 29.5 Å². The zero-order chi connectivity index (χ0) is 15.2. The Hall–Kier alpha value is -2.76. The van der Waals surface area contributed by atoms with Crippen LogP contribution in [0.1, 0.15) is 6.92 Å². The minimum Gasteiger partial charge on any atom is -0.497 e. The van der Waals surface area contributed by atoms with Crippen LogP contribution in [0.25, 0.3) is 0 Å². The van der Waals surface area contributed by atoms with E-state index in [0.717, 1.165) is 0 Å². The molecule has 0 amide bonds. The number of anilines is 1. The molecule has 0 aliphatic heterocycles. The Morgan fingerprint density at radius 3 is 2.57 bits per heavy atom. The van der Waals surface area contributed by atoms with Crippen molar-refractivity contribution >= 4 is 11.4 Å². The topological polar surface area (TPSA) is 73.6 Å². The number of hydrogen-bond donors (Lipinski definition) is 1. The lowest BCUT2D eigenvalue weighted by atomic mass is 10.2. The second-order valence-corrected chi connectivity index (χ2v) is 4.28. The quantitative estimate of drug-likeness (QED) is 0.646. The summed E-state index contributed by atoms with van der Waals surface area (Å²) in [5, 5.41) is 14.0. The van der Waals surface area contributed by atoms with Crippen LogP contribution in [-0.4, -0.2) is 18.6 Å². The highest BCUT2D eigenvalue weighted by Crippen LogP contribution is 2.30.